The van der Waals surface area contributed by atoms with Gasteiger partial charge in [-0.15, -0.1) is 0 Å². The molecular weight excluding hydrogens is 272 g/mol. The van der Waals surface area contributed by atoms with E-state index < -0.39 is 0 Å². The molecule has 0 atom stereocenters. The highest BCUT2D eigenvalue weighted by molar-refractivity contribution is 5.94. The first-order valence-electron chi connectivity index (χ1n) is 8.82. The first-order chi connectivity index (χ1) is 10.7. The number of amides is 1. The zero-order chi connectivity index (χ0) is 15.8. The Bertz CT molecular complexity index is 445. The number of hydrogen-bond donors (Lipinski definition) is 1. The standard InChI is InChI=1S/C19H30N2O/c1-3-21(4-2)15-17-9-11-18(12-10-17)19(22)20-14-13-16-7-5-6-8-16/h9-12,16H,3-8,13-15H2,1-2H3,(H,20,22). The van der Waals surface area contributed by atoms with E-state index in [1.54, 1.807) is 0 Å². The average Bonchev–Trinajstić information content (AvgIpc) is 3.06. The van der Waals surface area contributed by atoms with E-state index in [0.717, 1.165) is 44.1 Å². The van der Waals surface area contributed by atoms with Crippen molar-refractivity contribution in [3.8, 4) is 0 Å². The van der Waals surface area contributed by atoms with Gasteiger partial charge >= 0.3 is 0 Å². The minimum Gasteiger partial charge on any atom is -0.352 e. The summed E-state index contributed by atoms with van der Waals surface area (Å²) in [6.07, 6.45) is 6.55. The molecule has 0 aliphatic heterocycles. The van der Waals surface area contributed by atoms with Crippen LogP contribution in [-0.2, 0) is 6.54 Å². The largest absolute Gasteiger partial charge is 0.352 e. The molecule has 1 N–H and O–H groups in total. The molecule has 1 fully saturated rings. The molecule has 22 heavy (non-hydrogen) atoms. The van der Waals surface area contributed by atoms with Gasteiger partial charge in [0.25, 0.3) is 5.91 Å². The van der Waals surface area contributed by atoms with Gasteiger partial charge in [0.05, 0.1) is 0 Å². The Labute approximate surface area is 135 Å². The highest BCUT2D eigenvalue weighted by atomic mass is 16.1. The molecule has 3 nitrogen and oxygen atoms in total. The van der Waals surface area contributed by atoms with Gasteiger partial charge < -0.3 is 5.32 Å². The lowest BCUT2D eigenvalue weighted by Gasteiger charge is -2.18. The second-order valence-corrected chi connectivity index (χ2v) is 6.35. The quantitative estimate of drug-likeness (QED) is 0.791. The van der Waals surface area contributed by atoms with Crippen molar-refractivity contribution in [2.24, 2.45) is 5.92 Å². The Morgan fingerprint density at radius 1 is 1.14 bits per heavy atom. The van der Waals surface area contributed by atoms with E-state index in [9.17, 15) is 4.79 Å². The first kappa shape index (κ1) is 17.0. The molecular formula is C19H30N2O. The van der Waals surface area contributed by atoms with Crippen LogP contribution in [0.1, 0.15) is 61.9 Å². The lowest BCUT2D eigenvalue weighted by atomic mass is 10.0. The normalized spacial score (nSPS) is 15.4. The minimum absolute atomic E-state index is 0.0624. The molecule has 122 valence electrons. The van der Waals surface area contributed by atoms with Crippen molar-refractivity contribution in [1.82, 2.24) is 10.2 Å². The highest BCUT2D eigenvalue weighted by Crippen LogP contribution is 2.26. The van der Waals surface area contributed by atoms with E-state index in [2.05, 4.69) is 36.2 Å². The average molecular weight is 302 g/mol. The Hall–Kier alpha value is -1.35. The fourth-order valence-electron chi connectivity index (χ4n) is 3.26. The molecule has 0 heterocycles. The number of rotatable bonds is 8. The SMILES string of the molecule is CCN(CC)Cc1ccc(C(=O)NCCC2CCCC2)cc1. The molecule has 3 heteroatoms. The van der Waals surface area contributed by atoms with Gasteiger partial charge in [0.1, 0.15) is 0 Å². The molecule has 2 rings (SSSR count). The summed E-state index contributed by atoms with van der Waals surface area (Å²) in [5.41, 5.74) is 2.04. The van der Waals surface area contributed by atoms with E-state index in [-0.39, 0.29) is 5.91 Å². The molecule has 0 radical (unpaired) electrons. The number of nitrogens with zero attached hydrogens (tertiary/aromatic N) is 1. The van der Waals surface area contributed by atoms with E-state index >= 15 is 0 Å². The van der Waals surface area contributed by atoms with E-state index in [0.29, 0.717) is 0 Å². The zero-order valence-electron chi connectivity index (χ0n) is 14.1. The van der Waals surface area contributed by atoms with Crippen LogP contribution in [0.25, 0.3) is 0 Å². The second kappa shape index (κ2) is 8.94. The van der Waals surface area contributed by atoms with Gasteiger partial charge in [-0.2, -0.15) is 0 Å². The fraction of sp³-hybridized carbons (Fsp3) is 0.632. The Kier molecular flexibility index (Phi) is 6.91. The number of nitrogens with one attached hydrogen (secondary N) is 1. The molecule has 1 aliphatic rings. The van der Waals surface area contributed by atoms with Crippen LogP contribution in [0, 0.1) is 5.92 Å². The van der Waals surface area contributed by atoms with E-state index in [4.69, 9.17) is 0 Å². The summed E-state index contributed by atoms with van der Waals surface area (Å²) in [6, 6.07) is 8.04. The van der Waals surface area contributed by atoms with Crippen molar-refractivity contribution >= 4 is 5.91 Å². The highest BCUT2D eigenvalue weighted by Gasteiger charge is 2.15. The lowest BCUT2D eigenvalue weighted by Crippen LogP contribution is -2.26. The summed E-state index contributed by atoms with van der Waals surface area (Å²) in [6.45, 7) is 8.23. The Morgan fingerprint density at radius 3 is 2.36 bits per heavy atom. The summed E-state index contributed by atoms with van der Waals surface area (Å²) in [5, 5.41) is 3.06. The first-order valence-corrected chi connectivity index (χ1v) is 8.82. The molecule has 0 saturated heterocycles. The van der Waals surface area contributed by atoms with Gasteiger partial charge in [0.15, 0.2) is 0 Å². The molecule has 1 aromatic carbocycles. The van der Waals surface area contributed by atoms with Crippen LogP contribution in [0.4, 0.5) is 0 Å². The molecule has 0 spiro atoms. The zero-order valence-corrected chi connectivity index (χ0v) is 14.1. The van der Waals surface area contributed by atoms with Crippen molar-refractivity contribution in [3.63, 3.8) is 0 Å². The van der Waals surface area contributed by atoms with Crippen LogP contribution in [0.15, 0.2) is 24.3 Å². The van der Waals surface area contributed by atoms with Gasteiger partial charge in [-0.05, 0) is 43.1 Å². The Balaban J connectivity index is 1.77. The third-order valence-corrected chi connectivity index (χ3v) is 4.83. The monoisotopic (exact) mass is 302 g/mol. The lowest BCUT2D eigenvalue weighted by molar-refractivity contribution is 0.0951. The molecule has 0 aromatic heterocycles. The predicted octanol–water partition coefficient (Wildman–Crippen LogP) is 3.84. The third-order valence-electron chi connectivity index (χ3n) is 4.83. The van der Waals surface area contributed by atoms with Crippen LogP contribution >= 0.6 is 0 Å². The number of hydrogen-bond acceptors (Lipinski definition) is 2. The molecule has 1 saturated carbocycles. The predicted molar refractivity (Wildman–Crippen MR) is 92.0 cm³/mol. The molecule has 0 bridgehead atoms. The van der Waals surface area contributed by atoms with Gasteiger partial charge in [-0.25, -0.2) is 0 Å². The maximum Gasteiger partial charge on any atom is 0.251 e. The summed E-state index contributed by atoms with van der Waals surface area (Å²) in [4.78, 5) is 14.5. The van der Waals surface area contributed by atoms with Gasteiger partial charge in [-0.3, -0.25) is 9.69 Å². The van der Waals surface area contributed by atoms with Crippen molar-refractivity contribution in [3.05, 3.63) is 35.4 Å². The van der Waals surface area contributed by atoms with Crippen LogP contribution in [-0.4, -0.2) is 30.4 Å². The summed E-state index contributed by atoms with van der Waals surface area (Å²) < 4.78 is 0. The molecule has 1 aliphatic carbocycles. The van der Waals surface area contributed by atoms with Crippen LogP contribution < -0.4 is 5.32 Å². The molecule has 1 aromatic rings. The van der Waals surface area contributed by atoms with E-state index in [1.165, 1.54) is 31.2 Å². The molecule has 0 unspecified atom stereocenters. The van der Waals surface area contributed by atoms with Crippen molar-refractivity contribution in [2.45, 2.75) is 52.5 Å². The van der Waals surface area contributed by atoms with Crippen molar-refractivity contribution in [1.29, 1.82) is 0 Å². The van der Waals surface area contributed by atoms with Gasteiger partial charge in [0, 0.05) is 18.7 Å². The number of benzene rings is 1. The fourth-order valence-corrected chi connectivity index (χ4v) is 3.26. The third kappa shape index (κ3) is 5.13. The van der Waals surface area contributed by atoms with Crippen LogP contribution in [0.5, 0.6) is 0 Å². The van der Waals surface area contributed by atoms with E-state index in [1.807, 2.05) is 12.1 Å². The summed E-state index contributed by atoms with van der Waals surface area (Å²) in [5.74, 6) is 0.893. The second-order valence-electron chi connectivity index (χ2n) is 6.35. The van der Waals surface area contributed by atoms with Crippen molar-refractivity contribution in [2.75, 3.05) is 19.6 Å². The summed E-state index contributed by atoms with van der Waals surface area (Å²) in [7, 11) is 0. The maximum atomic E-state index is 12.1. The smallest absolute Gasteiger partial charge is 0.251 e. The summed E-state index contributed by atoms with van der Waals surface area (Å²) >= 11 is 0. The number of carbonyl (C=O) groups excluding carboxylic acids is 1. The Morgan fingerprint density at radius 2 is 1.77 bits per heavy atom. The molecule has 1 amide bonds. The van der Waals surface area contributed by atoms with Crippen LogP contribution in [0.2, 0.25) is 0 Å². The maximum absolute atomic E-state index is 12.1. The minimum atomic E-state index is 0.0624. The van der Waals surface area contributed by atoms with Gasteiger partial charge in [-0.1, -0.05) is 51.7 Å². The topological polar surface area (TPSA) is 32.3 Å². The number of carbonyl (C=O) groups is 1. The van der Waals surface area contributed by atoms with Gasteiger partial charge in [0.2, 0.25) is 0 Å². The van der Waals surface area contributed by atoms with Crippen molar-refractivity contribution < 1.29 is 4.79 Å². The van der Waals surface area contributed by atoms with Crippen LogP contribution in [0.3, 0.4) is 0 Å².